The monoisotopic (exact) mass is 300 g/mol. The van der Waals surface area contributed by atoms with Crippen molar-refractivity contribution in [2.45, 2.75) is 13.8 Å². The Balaban J connectivity index is 2.01. The first-order valence-electron chi connectivity index (χ1n) is 6.27. The molecule has 0 aliphatic carbocycles. The number of benzene rings is 1. The lowest BCUT2D eigenvalue weighted by atomic mass is 10.1. The zero-order valence-corrected chi connectivity index (χ0v) is 12.3. The summed E-state index contributed by atoms with van der Waals surface area (Å²) >= 11 is 1.53. The maximum Gasteiger partial charge on any atom is 0.335 e. The molecule has 0 atom stereocenters. The molecule has 6 heteroatoms. The Kier molecular flexibility index (Phi) is 3.31. The Bertz CT molecular complexity index is 842. The number of ether oxygens (including phenoxy) is 1. The molecule has 3 aromatic rings. The molecule has 0 saturated carbocycles. The Morgan fingerprint density at radius 1 is 1.24 bits per heavy atom. The third-order valence-corrected chi connectivity index (χ3v) is 4.20. The summed E-state index contributed by atoms with van der Waals surface area (Å²) in [5, 5.41) is 11.0. The Hall–Kier alpha value is -2.47. The van der Waals surface area contributed by atoms with Crippen LogP contribution in [0, 0.1) is 13.8 Å². The molecule has 0 aliphatic rings. The van der Waals surface area contributed by atoms with Crippen LogP contribution in [0.15, 0.2) is 29.9 Å². The number of aromatic nitrogens is 2. The van der Waals surface area contributed by atoms with E-state index < -0.39 is 5.97 Å². The van der Waals surface area contributed by atoms with Gasteiger partial charge in [0.15, 0.2) is 0 Å². The number of aromatic carboxylic acids is 1. The summed E-state index contributed by atoms with van der Waals surface area (Å²) in [6, 6.07) is 4.74. The minimum atomic E-state index is -0.956. The first-order valence-corrected chi connectivity index (χ1v) is 7.15. The van der Waals surface area contributed by atoms with Crippen molar-refractivity contribution in [3.05, 3.63) is 46.6 Å². The second kappa shape index (κ2) is 5.14. The van der Waals surface area contributed by atoms with Crippen LogP contribution in [0.2, 0.25) is 0 Å². The number of carboxylic acids is 1. The van der Waals surface area contributed by atoms with E-state index >= 15 is 0 Å². The highest BCUT2D eigenvalue weighted by Gasteiger charge is 2.12. The van der Waals surface area contributed by atoms with Gasteiger partial charge < -0.3 is 9.84 Å². The largest absolute Gasteiger partial charge is 0.478 e. The summed E-state index contributed by atoms with van der Waals surface area (Å²) in [5.41, 5.74) is 2.94. The molecule has 106 valence electrons. The fraction of sp³-hybridized carbons (Fsp3) is 0.133. The molecule has 0 radical (unpaired) electrons. The first kappa shape index (κ1) is 13.5. The SMILES string of the molecule is Cc1cc(C(=O)O)ccc1Oc1ncnc2c(C)csc12. The van der Waals surface area contributed by atoms with E-state index in [4.69, 9.17) is 9.84 Å². The summed E-state index contributed by atoms with van der Waals surface area (Å²) in [6.45, 7) is 3.79. The average Bonchev–Trinajstić information content (AvgIpc) is 2.84. The van der Waals surface area contributed by atoms with Gasteiger partial charge >= 0.3 is 5.97 Å². The number of fused-ring (bicyclic) bond motifs is 1. The van der Waals surface area contributed by atoms with E-state index in [2.05, 4.69) is 9.97 Å². The van der Waals surface area contributed by atoms with Crippen LogP contribution in [0.4, 0.5) is 0 Å². The molecule has 1 N–H and O–H groups in total. The molecule has 0 aliphatic heterocycles. The van der Waals surface area contributed by atoms with Gasteiger partial charge in [0.2, 0.25) is 5.88 Å². The number of hydrogen-bond acceptors (Lipinski definition) is 5. The average molecular weight is 300 g/mol. The molecule has 21 heavy (non-hydrogen) atoms. The van der Waals surface area contributed by atoms with Crippen LogP contribution >= 0.6 is 11.3 Å². The van der Waals surface area contributed by atoms with Gasteiger partial charge in [0.1, 0.15) is 16.8 Å². The van der Waals surface area contributed by atoms with Gasteiger partial charge in [-0.2, -0.15) is 0 Å². The van der Waals surface area contributed by atoms with Gasteiger partial charge in [-0.15, -0.1) is 11.3 Å². The molecule has 0 fully saturated rings. The minimum Gasteiger partial charge on any atom is -0.478 e. The number of rotatable bonds is 3. The van der Waals surface area contributed by atoms with Crippen molar-refractivity contribution in [1.82, 2.24) is 9.97 Å². The standard InChI is InChI=1S/C15H12N2O3S/c1-8-5-10(15(18)19)3-4-11(8)20-14-13-12(16-7-17-14)9(2)6-21-13/h3-7H,1-2H3,(H,18,19). The molecular formula is C15H12N2O3S. The molecule has 0 unspecified atom stereocenters. The second-order valence-electron chi connectivity index (χ2n) is 4.66. The highest BCUT2D eigenvalue weighted by atomic mass is 32.1. The molecule has 0 saturated heterocycles. The summed E-state index contributed by atoms with van der Waals surface area (Å²) in [5.74, 6) is 0.123. The van der Waals surface area contributed by atoms with Crippen LogP contribution in [0.5, 0.6) is 11.6 Å². The molecule has 0 spiro atoms. The van der Waals surface area contributed by atoms with Crippen LogP contribution in [0.3, 0.4) is 0 Å². The Morgan fingerprint density at radius 2 is 2.05 bits per heavy atom. The number of nitrogens with zero attached hydrogens (tertiary/aromatic N) is 2. The maximum atomic E-state index is 10.9. The number of thiophene rings is 1. The van der Waals surface area contributed by atoms with Gasteiger partial charge in [-0.1, -0.05) is 0 Å². The van der Waals surface area contributed by atoms with Crippen LogP contribution in [-0.4, -0.2) is 21.0 Å². The zero-order chi connectivity index (χ0) is 15.0. The van der Waals surface area contributed by atoms with Gasteiger partial charge in [-0.05, 0) is 48.6 Å². The quantitative estimate of drug-likeness (QED) is 0.796. The lowest BCUT2D eigenvalue weighted by molar-refractivity contribution is 0.0697. The predicted molar refractivity (Wildman–Crippen MR) is 80.4 cm³/mol. The fourth-order valence-corrected chi connectivity index (χ4v) is 2.95. The highest BCUT2D eigenvalue weighted by Crippen LogP contribution is 2.33. The van der Waals surface area contributed by atoms with E-state index in [1.807, 2.05) is 12.3 Å². The zero-order valence-electron chi connectivity index (χ0n) is 11.5. The van der Waals surface area contributed by atoms with E-state index in [1.165, 1.54) is 23.7 Å². The molecule has 3 rings (SSSR count). The number of aryl methyl sites for hydroxylation is 2. The Morgan fingerprint density at radius 3 is 2.76 bits per heavy atom. The fourth-order valence-electron chi connectivity index (χ4n) is 2.02. The highest BCUT2D eigenvalue weighted by molar-refractivity contribution is 7.17. The van der Waals surface area contributed by atoms with Crippen LogP contribution in [-0.2, 0) is 0 Å². The molecule has 2 aromatic heterocycles. The van der Waals surface area contributed by atoms with Gasteiger partial charge in [-0.3, -0.25) is 0 Å². The topological polar surface area (TPSA) is 72.3 Å². The predicted octanol–water partition coefficient (Wildman–Crippen LogP) is 3.80. The maximum absolute atomic E-state index is 10.9. The molecular weight excluding hydrogens is 288 g/mol. The van der Waals surface area contributed by atoms with Crippen molar-refractivity contribution < 1.29 is 14.6 Å². The molecule has 0 bridgehead atoms. The van der Waals surface area contributed by atoms with E-state index in [-0.39, 0.29) is 5.56 Å². The van der Waals surface area contributed by atoms with Crippen molar-refractivity contribution in [3.63, 3.8) is 0 Å². The third-order valence-electron chi connectivity index (χ3n) is 3.13. The number of carboxylic acid groups (broad SMARTS) is 1. The second-order valence-corrected chi connectivity index (χ2v) is 5.54. The number of hydrogen-bond donors (Lipinski definition) is 1. The van der Waals surface area contributed by atoms with Crippen molar-refractivity contribution >= 4 is 27.5 Å². The Labute approximate surface area is 124 Å². The number of carbonyl (C=O) groups is 1. The minimum absolute atomic E-state index is 0.236. The van der Waals surface area contributed by atoms with Crippen molar-refractivity contribution in [3.8, 4) is 11.6 Å². The first-order chi connectivity index (χ1) is 10.1. The van der Waals surface area contributed by atoms with Crippen molar-refractivity contribution in [2.75, 3.05) is 0 Å². The molecule has 1 aromatic carbocycles. The van der Waals surface area contributed by atoms with Gasteiger partial charge in [0.05, 0.1) is 11.1 Å². The summed E-state index contributed by atoms with van der Waals surface area (Å²) in [4.78, 5) is 19.4. The van der Waals surface area contributed by atoms with E-state index in [0.717, 1.165) is 21.3 Å². The van der Waals surface area contributed by atoms with E-state index in [0.29, 0.717) is 11.6 Å². The lowest BCUT2D eigenvalue weighted by Gasteiger charge is -2.09. The van der Waals surface area contributed by atoms with Crippen LogP contribution in [0.25, 0.3) is 10.2 Å². The van der Waals surface area contributed by atoms with Gasteiger partial charge in [0.25, 0.3) is 0 Å². The van der Waals surface area contributed by atoms with Gasteiger partial charge in [0, 0.05) is 0 Å². The van der Waals surface area contributed by atoms with Crippen LogP contribution in [0.1, 0.15) is 21.5 Å². The summed E-state index contributed by atoms with van der Waals surface area (Å²) < 4.78 is 6.72. The summed E-state index contributed by atoms with van der Waals surface area (Å²) in [6.07, 6.45) is 1.47. The molecule has 2 heterocycles. The van der Waals surface area contributed by atoms with E-state index in [9.17, 15) is 4.79 Å². The normalized spacial score (nSPS) is 10.8. The van der Waals surface area contributed by atoms with Crippen molar-refractivity contribution in [1.29, 1.82) is 0 Å². The lowest BCUT2D eigenvalue weighted by Crippen LogP contribution is -1.98. The summed E-state index contributed by atoms with van der Waals surface area (Å²) in [7, 11) is 0. The van der Waals surface area contributed by atoms with Crippen molar-refractivity contribution in [2.24, 2.45) is 0 Å². The smallest absolute Gasteiger partial charge is 0.335 e. The van der Waals surface area contributed by atoms with E-state index in [1.54, 1.807) is 19.1 Å². The molecule has 0 amide bonds. The van der Waals surface area contributed by atoms with Crippen LogP contribution < -0.4 is 4.74 Å². The molecule has 5 nitrogen and oxygen atoms in total. The van der Waals surface area contributed by atoms with Gasteiger partial charge in [-0.25, -0.2) is 14.8 Å². The third kappa shape index (κ3) is 2.45.